The largest absolute Gasteiger partial charge is 0.302 e. The second-order valence-electron chi connectivity index (χ2n) is 3.88. The maximum absolute atomic E-state index is 10.6. The molecule has 0 aromatic rings. The Balaban J connectivity index is 3.62. The molecule has 0 aliphatic heterocycles. The zero-order valence-electron chi connectivity index (χ0n) is 9.12. The van der Waals surface area contributed by atoms with Crippen molar-refractivity contribution in [1.29, 1.82) is 0 Å². The van der Waals surface area contributed by atoms with Crippen molar-refractivity contribution >= 4 is 12.6 Å². The minimum absolute atomic E-state index is 0.124. The topological polar surface area (TPSA) is 58.2 Å². The smallest absolute Gasteiger partial charge is 0.136 e. The highest BCUT2D eigenvalue weighted by atomic mass is 16.1. The predicted molar refractivity (Wildman–Crippen MR) is 56.0 cm³/mol. The predicted octanol–water partition coefficient (Wildman–Crippen LogP) is 0.324. The number of carbonyl (C=O) groups excluding carboxylic acids is 2. The number of carbonyl (C=O) groups is 2. The van der Waals surface area contributed by atoms with E-state index in [9.17, 15) is 9.59 Å². The molecule has 82 valence electrons. The Kier molecular flexibility index (Phi) is 7.24. The van der Waals surface area contributed by atoms with Crippen LogP contribution in [0.25, 0.3) is 0 Å². The lowest BCUT2D eigenvalue weighted by Crippen LogP contribution is -2.42. The van der Waals surface area contributed by atoms with Crippen LogP contribution in [0, 0.1) is 5.92 Å². The van der Waals surface area contributed by atoms with Crippen LogP contribution in [0.2, 0.25) is 0 Å². The minimum Gasteiger partial charge on any atom is -0.302 e. The average Bonchev–Trinajstić information content (AvgIpc) is 2.15. The molecule has 0 aliphatic rings. The van der Waals surface area contributed by atoms with E-state index in [1.807, 2.05) is 0 Å². The molecule has 4 heteroatoms. The highest BCUT2D eigenvalue weighted by Crippen LogP contribution is 2.01. The SMILES string of the molecule is CC(C)C[C@@H](C=O)NCN[C@@H](C)C=O. The molecule has 0 amide bonds. The monoisotopic (exact) mass is 200 g/mol. The summed E-state index contributed by atoms with van der Waals surface area (Å²) in [5.74, 6) is 0.487. The highest BCUT2D eigenvalue weighted by molar-refractivity contribution is 5.57. The molecule has 4 nitrogen and oxygen atoms in total. The molecule has 0 aromatic heterocycles. The van der Waals surface area contributed by atoms with Crippen LogP contribution in [0.1, 0.15) is 27.2 Å². The van der Waals surface area contributed by atoms with Gasteiger partial charge in [0.2, 0.25) is 0 Å². The van der Waals surface area contributed by atoms with Gasteiger partial charge in [0.05, 0.1) is 12.1 Å². The van der Waals surface area contributed by atoms with Crippen molar-refractivity contribution in [1.82, 2.24) is 10.6 Å². The lowest BCUT2D eigenvalue weighted by molar-refractivity contribution is -0.109. The van der Waals surface area contributed by atoms with Crippen LogP contribution >= 0.6 is 0 Å². The normalized spacial score (nSPS) is 15.1. The average molecular weight is 200 g/mol. The second-order valence-corrected chi connectivity index (χ2v) is 3.88. The molecule has 0 rings (SSSR count). The van der Waals surface area contributed by atoms with Crippen LogP contribution in [0.4, 0.5) is 0 Å². The van der Waals surface area contributed by atoms with Crippen LogP contribution in [-0.4, -0.2) is 31.3 Å². The van der Waals surface area contributed by atoms with Crippen molar-refractivity contribution in [3.05, 3.63) is 0 Å². The van der Waals surface area contributed by atoms with E-state index in [0.717, 1.165) is 19.0 Å². The summed E-state index contributed by atoms with van der Waals surface area (Å²) in [5, 5.41) is 5.96. The summed E-state index contributed by atoms with van der Waals surface area (Å²) < 4.78 is 0. The summed E-state index contributed by atoms with van der Waals surface area (Å²) in [6.07, 6.45) is 2.56. The number of hydrogen-bond donors (Lipinski definition) is 2. The van der Waals surface area contributed by atoms with E-state index in [0.29, 0.717) is 12.6 Å². The third kappa shape index (κ3) is 6.74. The molecule has 0 aliphatic carbocycles. The van der Waals surface area contributed by atoms with E-state index in [1.54, 1.807) is 6.92 Å². The third-order valence-electron chi connectivity index (χ3n) is 1.88. The Morgan fingerprint density at radius 2 is 1.71 bits per heavy atom. The van der Waals surface area contributed by atoms with Gasteiger partial charge in [-0.05, 0) is 19.3 Å². The number of nitrogens with one attached hydrogen (secondary N) is 2. The summed E-state index contributed by atoms with van der Waals surface area (Å²) in [7, 11) is 0. The van der Waals surface area contributed by atoms with Gasteiger partial charge in [0.15, 0.2) is 0 Å². The van der Waals surface area contributed by atoms with Gasteiger partial charge in [0.1, 0.15) is 12.6 Å². The molecule has 0 aromatic carbocycles. The summed E-state index contributed by atoms with van der Waals surface area (Å²) in [6.45, 7) is 6.39. The summed E-state index contributed by atoms with van der Waals surface area (Å²) in [6, 6.07) is -0.296. The van der Waals surface area contributed by atoms with E-state index in [2.05, 4.69) is 24.5 Å². The second kappa shape index (κ2) is 7.64. The van der Waals surface area contributed by atoms with Gasteiger partial charge in [-0.2, -0.15) is 0 Å². The molecule has 2 N–H and O–H groups in total. The number of rotatable bonds is 8. The lowest BCUT2D eigenvalue weighted by atomic mass is 10.1. The fourth-order valence-electron chi connectivity index (χ4n) is 1.09. The molecular weight excluding hydrogens is 180 g/mol. The summed E-state index contributed by atoms with van der Waals surface area (Å²) in [5.41, 5.74) is 0. The van der Waals surface area contributed by atoms with Crippen molar-refractivity contribution in [2.45, 2.75) is 39.3 Å². The molecule has 0 fully saturated rings. The van der Waals surface area contributed by atoms with Crippen LogP contribution in [-0.2, 0) is 9.59 Å². The highest BCUT2D eigenvalue weighted by Gasteiger charge is 2.08. The molecule has 0 bridgehead atoms. The Bertz CT molecular complexity index is 172. The fourth-order valence-corrected chi connectivity index (χ4v) is 1.09. The lowest BCUT2D eigenvalue weighted by Gasteiger charge is -2.16. The van der Waals surface area contributed by atoms with Gasteiger partial charge in [-0.1, -0.05) is 13.8 Å². The van der Waals surface area contributed by atoms with Crippen molar-refractivity contribution in [2.24, 2.45) is 5.92 Å². The first kappa shape index (κ1) is 13.3. The number of aldehydes is 2. The van der Waals surface area contributed by atoms with Gasteiger partial charge < -0.3 is 9.59 Å². The molecule has 2 atom stereocenters. The van der Waals surface area contributed by atoms with Crippen LogP contribution < -0.4 is 10.6 Å². The molecule has 0 heterocycles. The molecular formula is C10H20N2O2. The van der Waals surface area contributed by atoms with E-state index >= 15 is 0 Å². The van der Waals surface area contributed by atoms with E-state index in [4.69, 9.17) is 0 Å². The molecule has 0 saturated carbocycles. The summed E-state index contributed by atoms with van der Waals surface area (Å²) >= 11 is 0. The maximum Gasteiger partial charge on any atom is 0.136 e. The summed E-state index contributed by atoms with van der Waals surface area (Å²) in [4.78, 5) is 20.9. The first-order valence-corrected chi connectivity index (χ1v) is 4.97. The Morgan fingerprint density at radius 3 is 2.14 bits per heavy atom. The van der Waals surface area contributed by atoms with Crippen LogP contribution in [0.15, 0.2) is 0 Å². The molecule has 0 unspecified atom stereocenters. The van der Waals surface area contributed by atoms with Gasteiger partial charge in [-0.3, -0.25) is 10.6 Å². The van der Waals surface area contributed by atoms with Gasteiger partial charge in [-0.15, -0.1) is 0 Å². The Morgan fingerprint density at radius 1 is 1.07 bits per heavy atom. The molecule has 0 spiro atoms. The Labute approximate surface area is 85.4 Å². The van der Waals surface area contributed by atoms with E-state index < -0.39 is 0 Å². The van der Waals surface area contributed by atoms with Crippen molar-refractivity contribution in [2.75, 3.05) is 6.67 Å². The first-order chi connectivity index (χ1) is 6.60. The minimum atomic E-state index is -0.172. The zero-order chi connectivity index (χ0) is 11.0. The Hall–Kier alpha value is -0.740. The first-order valence-electron chi connectivity index (χ1n) is 4.97. The van der Waals surface area contributed by atoms with Gasteiger partial charge in [0.25, 0.3) is 0 Å². The zero-order valence-corrected chi connectivity index (χ0v) is 9.12. The van der Waals surface area contributed by atoms with Crippen molar-refractivity contribution in [3.63, 3.8) is 0 Å². The molecule has 14 heavy (non-hydrogen) atoms. The van der Waals surface area contributed by atoms with Crippen molar-refractivity contribution in [3.8, 4) is 0 Å². The fraction of sp³-hybridized carbons (Fsp3) is 0.800. The third-order valence-corrected chi connectivity index (χ3v) is 1.88. The van der Waals surface area contributed by atoms with Gasteiger partial charge >= 0.3 is 0 Å². The van der Waals surface area contributed by atoms with Crippen molar-refractivity contribution < 1.29 is 9.59 Å². The molecule has 0 saturated heterocycles. The molecule has 0 radical (unpaired) electrons. The van der Waals surface area contributed by atoms with Gasteiger partial charge in [-0.25, -0.2) is 0 Å². The quantitative estimate of drug-likeness (QED) is 0.438. The number of hydrogen-bond acceptors (Lipinski definition) is 4. The van der Waals surface area contributed by atoms with Crippen LogP contribution in [0.5, 0.6) is 0 Å². The van der Waals surface area contributed by atoms with E-state index in [-0.39, 0.29) is 12.1 Å². The maximum atomic E-state index is 10.6. The van der Waals surface area contributed by atoms with Gasteiger partial charge in [0, 0.05) is 6.67 Å². The standard InChI is InChI=1S/C10H20N2O2/c1-8(2)4-10(6-14)12-7-11-9(3)5-13/h5-6,8-12H,4,7H2,1-3H3/t9-,10-/m0/s1. The van der Waals surface area contributed by atoms with Crippen LogP contribution in [0.3, 0.4) is 0 Å². The van der Waals surface area contributed by atoms with E-state index in [1.165, 1.54) is 0 Å².